The van der Waals surface area contributed by atoms with Crippen LogP contribution in [-0.4, -0.2) is 26.1 Å². The molecule has 0 N–H and O–H groups in total. The molecule has 1 rings (SSSR count). The van der Waals surface area contributed by atoms with E-state index in [2.05, 4.69) is 6.58 Å². The second-order valence-electron chi connectivity index (χ2n) is 3.75. The van der Waals surface area contributed by atoms with E-state index in [1.54, 1.807) is 0 Å². The third-order valence-corrected chi connectivity index (χ3v) is 2.42. The molecule has 0 saturated heterocycles. The monoisotopic (exact) mass is 250 g/mol. The molecule has 0 spiro atoms. The van der Waals surface area contributed by atoms with Crippen LogP contribution >= 0.6 is 0 Å². The standard InChI is InChI=1S/C15H22O3/c1-4-9-13-10-7-8-11-14(13)18-12-15(16-5-2)17-6-3/h4,7-8,10-11,15H,1,5-6,9,12H2,2-3H3. The van der Waals surface area contributed by atoms with Crippen LogP contribution in [0, 0.1) is 0 Å². The van der Waals surface area contributed by atoms with Crippen molar-refractivity contribution in [2.24, 2.45) is 0 Å². The van der Waals surface area contributed by atoms with Gasteiger partial charge in [0.05, 0.1) is 0 Å². The van der Waals surface area contributed by atoms with Crippen LogP contribution < -0.4 is 4.74 Å². The first-order valence-electron chi connectivity index (χ1n) is 6.36. The lowest BCUT2D eigenvalue weighted by Gasteiger charge is -2.18. The second kappa shape index (κ2) is 8.72. The maximum absolute atomic E-state index is 5.76. The first-order valence-corrected chi connectivity index (χ1v) is 6.36. The van der Waals surface area contributed by atoms with Crippen molar-refractivity contribution in [3.63, 3.8) is 0 Å². The number of hydrogen-bond donors (Lipinski definition) is 0. The van der Waals surface area contributed by atoms with E-state index < -0.39 is 0 Å². The fourth-order valence-electron chi connectivity index (χ4n) is 1.64. The highest BCUT2D eigenvalue weighted by Crippen LogP contribution is 2.19. The molecule has 0 radical (unpaired) electrons. The van der Waals surface area contributed by atoms with Gasteiger partial charge in [-0.3, -0.25) is 0 Å². The molecular formula is C15H22O3. The van der Waals surface area contributed by atoms with Gasteiger partial charge < -0.3 is 14.2 Å². The van der Waals surface area contributed by atoms with E-state index in [0.29, 0.717) is 19.8 Å². The number of allylic oxidation sites excluding steroid dienone is 1. The molecule has 0 aromatic heterocycles. The van der Waals surface area contributed by atoms with Crippen LogP contribution in [0.5, 0.6) is 5.75 Å². The molecule has 0 fully saturated rings. The Kier molecular flexibility index (Phi) is 7.14. The molecule has 0 aliphatic heterocycles. The summed E-state index contributed by atoms with van der Waals surface area (Å²) in [6.45, 7) is 9.26. The van der Waals surface area contributed by atoms with Gasteiger partial charge in [-0.15, -0.1) is 6.58 Å². The van der Waals surface area contributed by atoms with Crippen molar-refractivity contribution in [2.45, 2.75) is 26.6 Å². The first-order chi connectivity index (χ1) is 8.81. The highest BCUT2D eigenvalue weighted by Gasteiger charge is 2.10. The van der Waals surface area contributed by atoms with Crippen LogP contribution in [0.2, 0.25) is 0 Å². The van der Waals surface area contributed by atoms with Crippen molar-refractivity contribution in [2.75, 3.05) is 19.8 Å². The van der Waals surface area contributed by atoms with E-state index in [1.165, 1.54) is 0 Å². The zero-order valence-corrected chi connectivity index (χ0v) is 11.2. The minimum Gasteiger partial charge on any atom is -0.488 e. The number of hydrogen-bond acceptors (Lipinski definition) is 3. The number of ether oxygens (including phenoxy) is 3. The second-order valence-corrected chi connectivity index (χ2v) is 3.75. The molecule has 3 heteroatoms. The molecule has 100 valence electrons. The SMILES string of the molecule is C=CCc1ccccc1OCC(OCC)OCC. The molecule has 18 heavy (non-hydrogen) atoms. The first kappa shape index (κ1) is 14.7. The fraction of sp³-hybridized carbons (Fsp3) is 0.467. The summed E-state index contributed by atoms with van der Waals surface area (Å²) in [5, 5.41) is 0. The minimum atomic E-state index is -0.309. The molecule has 0 heterocycles. The lowest BCUT2D eigenvalue weighted by Crippen LogP contribution is -2.25. The lowest BCUT2D eigenvalue weighted by atomic mass is 10.1. The van der Waals surface area contributed by atoms with Gasteiger partial charge in [-0.05, 0) is 31.9 Å². The third-order valence-electron chi connectivity index (χ3n) is 2.42. The average molecular weight is 250 g/mol. The van der Waals surface area contributed by atoms with Crippen LogP contribution in [0.3, 0.4) is 0 Å². The maximum atomic E-state index is 5.76. The van der Waals surface area contributed by atoms with Crippen LogP contribution in [-0.2, 0) is 15.9 Å². The smallest absolute Gasteiger partial charge is 0.191 e. The fourth-order valence-corrected chi connectivity index (χ4v) is 1.64. The zero-order valence-electron chi connectivity index (χ0n) is 11.2. The summed E-state index contributed by atoms with van der Waals surface area (Å²) in [7, 11) is 0. The summed E-state index contributed by atoms with van der Waals surface area (Å²) in [5.41, 5.74) is 1.12. The van der Waals surface area contributed by atoms with Crippen LogP contribution in [0.25, 0.3) is 0 Å². The van der Waals surface area contributed by atoms with E-state index in [0.717, 1.165) is 17.7 Å². The van der Waals surface area contributed by atoms with Crippen LogP contribution in [0.15, 0.2) is 36.9 Å². The van der Waals surface area contributed by atoms with Gasteiger partial charge in [0.2, 0.25) is 0 Å². The van der Waals surface area contributed by atoms with Crippen molar-refractivity contribution in [1.82, 2.24) is 0 Å². The number of benzene rings is 1. The highest BCUT2D eigenvalue weighted by molar-refractivity contribution is 5.34. The van der Waals surface area contributed by atoms with E-state index in [-0.39, 0.29) is 6.29 Å². The Balaban J connectivity index is 2.57. The highest BCUT2D eigenvalue weighted by atomic mass is 16.7. The quantitative estimate of drug-likeness (QED) is 0.497. The van der Waals surface area contributed by atoms with Gasteiger partial charge in [-0.25, -0.2) is 0 Å². The van der Waals surface area contributed by atoms with Gasteiger partial charge in [-0.1, -0.05) is 24.3 Å². The summed E-state index contributed by atoms with van der Waals surface area (Å²) in [5.74, 6) is 0.863. The molecule has 0 unspecified atom stereocenters. The predicted molar refractivity (Wildman–Crippen MR) is 72.9 cm³/mol. The lowest BCUT2D eigenvalue weighted by molar-refractivity contribution is -0.152. The Morgan fingerprint density at radius 1 is 1.17 bits per heavy atom. The molecule has 0 bridgehead atoms. The molecule has 0 amide bonds. The molecule has 1 aromatic rings. The Hall–Kier alpha value is -1.32. The van der Waals surface area contributed by atoms with E-state index in [9.17, 15) is 0 Å². The zero-order chi connectivity index (χ0) is 13.2. The average Bonchev–Trinajstić information content (AvgIpc) is 2.38. The van der Waals surface area contributed by atoms with Crippen molar-refractivity contribution >= 4 is 0 Å². The summed E-state index contributed by atoms with van der Waals surface area (Å²) < 4.78 is 16.6. The van der Waals surface area contributed by atoms with E-state index in [4.69, 9.17) is 14.2 Å². The van der Waals surface area contributed by atoms with Crippen molar-refractivity contribution < 1.29 is 14.2 Å². The third kappa shape index (κ3) is 4.90. The molecule has 0 saturated carbocycles. The van der Waals surface area contributed by atoms with Crippen LogP contribution in [0.4, 0.5) is 0 Å². The maximum Gasteiger partial charge on any atom is 0.191 e. The topological polar surface area (TPSA) is 27.7 Å². The van der Waals surface area contributed by atoms with Crippen molar-refractivity contribution in [3.8, 4) is 5.75 Å². The summed E-state index contributed by atoms with van der Waals surface area (Å²) >= 11 is 0. The van der Waals surface area contributed by atoms with E-state index in [1.807, 2.05) is 44.2 Å². The molecule has 0 aliphatic carbocycles. The van der Waals surface area contributed by atoms with Gasteiger partial charge in [0.25, 0.3) is 0 Å². The Morgan fingerprint density at radius 2 is 1.83 bits per heavy atom. The minimum absolute atomic E-state index is 0.309. The normalized spacial score (nSPS) is 10.6. The Morgan fingerprint density at radius 3 is 2.44 bits per heavy atom. The molecule has 0 atom stereocenters. The number of rotatable bonds is 9. The predicted octanol–water partition coefficient (Wildman–Crippen LogP) is 3.19. The van der Waals surface area contributed by atoms with Crippen molar-refractivity contribution in [3.05, 3.63) is 42.5 Å². The van der Waals surface area contributed by atoms with Gasteiger partial charge in [-0.2, -0.15) is 0 Å². The largest absolute Gasteiger partial charge is 0.488 e. The molecule has 0 aliphatic rings. The summed E-state index contributed by atoms with van der Waals surface area (Å²) in [4.78, 5) is 0. The Bertz CT molecular complexity index is 343. The molecular weight excluding hydrogens is 228 g/mol. The van der Waals surface area contributed by atoms with Crippen molar-refractivity contribution in [1.29, 1.82) is 0 Å². The number of para-hydroxylation sites is 1. The molecule has 1 aromatic carbocycles. The van der Waals surface area contributed by atoms with E-state index >= 15 is 0 Å². The van der Waals surface area contributed by atoms with Gasteiger partial charge in [0, 0.05) is 13.2 Å². The Labute approximate surface area is 109 Å². The van der Waals surface area contributed by atoms with Gasteiger partial charge in [0.15, 0.2) is 6.29 Å². The van der Waals surface area contributed by atoms with Gasteiger partial charge >= 0.3 is 0 Å². The van der Waals surface area contributed by atoms with Gasteiger partial charge in [0.1, 0.15) is 12.4 Å². The molecule has 3 nitrogen and oxygen atoms in total. The van der Waals surface area contributed by atoms with Crippen LogP contribution in [0.1, 0.15) is 19.4 Å². The summed E-state index contributed by atoms with van der Waals surface area (Å²) in [6, 6.07) is 7.94. The summed E-state index contributed by atoms with van der Waals surface area (Å²) in [6.07, 6.45) is 2.35.